The quantitative estimate of drug-likeness (QED) is 0.611. The largest absolute Gasteiger partial charge is 0.481 e. The van der Waals surface area contributed by atoms with E-state index in [0.717, 1.165) is 6.20 Å². The fourth-order valence-electron chi connectivity index (χ4n) is 2.59. The molecule has 0 bridgehead atoms. The van der Waals surface area contributed by atoms with Crippen LogP contribution in [0.1, 0.15) is 18.7 Å². The summed E-state index contributed by atoms with van der Waals surface area (Å²) < 4.78 is 18.4. The summed E-state index contributed by atoms with van der Waals surface area (Å²) in [5.74, 6) is 0.577. The van der Waals surface area contributed by atoms with Crippen LogP contribution in [0.25, 0.3) is 11.1 Å². The fraction of sp³-hybridized carbons (Fsp3) is 0.167. The number of hydrogen-bond acceptors (Lipinski definition) is 7. The van der Waals surface area contributed by atoms with Crippen molar-refractivity contribution in [1.82, 2.24) is 15.0 Å². The van der Waals surface area contributed by atoms with E-state index in [0.29, 0.717) is 33.5 Å². The van der Waals surface area contributed by atoms with E-state index in [1.807, 2.05) is 6.92 Å². The van der Waals surface area contributed by atoms with Crippen LogP contribution >= 0.6 is 11.6 Å². The zero-order valence-corrected chi connectivity index (χ0v) is 15.5. The number of nitrogens with two attached hydrogens (primary N) is 2. The minimum absolute atomic E-state index is 0.149. The highest BCUT2D eigenvalue weighted by molar-refractivity contribution is 6.30. The summed E-state index contributed by atoms with van der Waals surface area (Å²) in [6, 6.07) is 6.11. The third-order valence-electron chi connectivity index (χ3n) is 3.95. The van der Waals surface area contributed by atoms with Crippen molar-refractivity contribution in [1.29, 1.82) is 0 Å². The molecule has 0 aliphatic carbocycles. The molecule has 1 atom stereocenters. The highest BCUT2D eigenvalue weighted by atomic mass is 35.5. The smallest absolute Gasteiger partial charge is 0.221 e. The summed E-state index contributed by atoms with van der Waals surface area (Å²) >= 11 is 6.07. The van der Waals surface area contributed by atoms with Gasteiger partial charge < -0.3 is 21.5 Å². The Morgan fingerprint density at radius 3 is 2.59 bits per heavy atom. The number of methoxy groups -OCH3 is 1. The van der Waals surface area contributed by atoms with Crippen molar-refractivity contribution in [2.45, 2.75) is 13.0 Å². The lowest BCUT2D eigenvalue weighted by atomic mass is 10.1. The van der Waals surface area contributed by atoms with Crippen molar-refractivity contribution < 1.29 is 9.13 Å². The number of hydrogen-bond donors (Lipinski definition) is 3. The van der Waals surface area contributed by atoms with Crippen LogP contribution in [0.2, 0.25) is 5.02 Å². The lowest BCUT2D eigenvalue weighted by Crippen LogP contribution is -2.11. The molecule has 3 aromatic heterocycles. The van der Waals surface area contributed by atoms with Crippen molar-refractivity contribution >= 4 is 28.9 Å². The van der Waals surface area contributed by atoms with Crippen LogP contribution in [0.5, 0.6) is 5.88 Å². The zero-order chi connectivity index (χ0) is 19.6. The molecule has 9 heteroatoms. The second-order valence-electron chi connectivity index (χ2n) is 5.83. The molecule has 0 radical (unpaired) electrons. The van der Waals surface area contributed by atoms with Gasteiger partial charge in [-0.1, -0.05) is 11.6 Å². The molecular weight excluding hydrogens is 371 g/mol. The Labute approximate surface area is 160 Å². The van der Waals surface area contributed by atoms with Crippen molar-refractivity contribution in [2.75, 3.05) is 23.9 Å². The summed E-state index contributed by atoms with van der Waals surface area (Å²) in [5, 5.41) is 3.61. The van der Waals surface area contributed by atoms with E-state index >= 15 is 0 Å². The van der Waals surface area contributed by atoms with Gasteiger partial charge in [0.25, 0.3) is 0 Å². The minimum atomic E-state index is -0.399. The molecule has 3 aromatic rings. The Morgan fingerprint density at radius 1 is 1.15 bits per heavy atom. The van der Waals surface area contributed by atoms with Gasteiger partial charge in [-0.15, -0.1) is 0 Å². The molecule has 140 valence electrons. The first-order valence-corrected chi connectivity index (χ1v) is 8.40. The molecule has 0 saturated carbocycles. The Bertz CT molecular complexity index is 967. The van der Waals surface area contributed by atoms with Crippen LogP contribution in [0.15, 0.2) is 36.7 Å². The molecule has 0 aromatic carbocycles. The minimum Gasteiger partial charge on any atom is -0.481 e. The van der Waals surface area contributed by atoms with Gasteiger partial charge >= 0.3 is 0 Å². The number of nitrogen functional groups attached to an aromatic ring is 2. The third-order valence-corrected chi connectivity index (χ3v) is 4.15. The lowest BCUT2D eigenvalue weighted by Gasteiger charge is -2.17. The predicted octanol–water partition coefficient (Wildman–Crippen LogP) is 3.68. The highest BCUT2D eigenvalue weighted by Gasteiger charge is 2.17. The van der Waals surface area contributed by atoms with Gasteiger partial charge in [-0.05, 0) is 31.2 Å². The first-order valence-electron chi connectivity index (χ1n) is 8.03. The summed E-state index contributed by atoms with van der Waals surface area (Å²) in [4.78, 5) is 12.5. The Balaban J connectivity index is 2.00. The first kappa shape index (κ1) is 18.7. The number of aromatic nitrogens is 3. The van der Waals surface area contributed by atoms with E-state index < -0.39 is 5.82 Å². The number of ether oxygens (including phenoxy) is 1. The standard InChI is InChI=1S/C18H18ClFN6O/c1-9(14-4-3-11(20)8-23-14)25-15-6-12(16(21)17(22)26-15)13-5-10(19)7-24-18(13)27-2/h3-9H,21H2,1-2H3,(H3,22,25,26)/t9-/m0/s1. The van der Waals surface area contributed by atoms with Crippen molar-refractivity contribution in [3.63, 3.8) is 0 Å². The average Bonchev–Trinajstić information content (AvgIpc) is 2.65. The van der Waals surface area contributed by atoms with Crippen molar-refractivity contribution in [3.05, 3.63) is 53.2 Å². The molecule has 0 aliphatic heterocycles. The fourth-order valence-corrected chi connectivity index (χ4v) is 2.75. The predicted molar refractivity (Wildman–Crippen MR) is 104 cm³/mol. The number of anilines is 3. The number of rotatable bonds is 5. The lowest BCUT2D eigenvalue weighted by molar-refractivity contribution is 0.400. The Morgan fingerprint density at radius 2 is 1.93 bits per heavy atom. The van der Waals surface area contributed by atoms with Gasteiger partial charge in [-0.2, -0.15) is 0 Å². The molecule has 0 aliphatic rings. The zero-order valence-electron chi connectivity index (χ0n) is 14.7. The maximum atomic E-state index is 13.1. The maximum absolute atomic E-state index is 13.1. The average molecular weight is 389 g/mol. The number of pyridine rings is 3. The van der Waals surface area contributed by atoms with Crippen molar-refractivity contribution in [2.24, 2.45) is 0 Å². The van der Waals surface area contributed by atoms with Gasteiger partial charge in [0.1, 0.15) is 17.5 Å². The maximum Gasteiger partial charge on any atom is 0.221 e. The van der Waals surface area contributed by atoms with Gasteiger partial charge in [0, 0.05) is 17.3 Å². The monoisotopic (exact) mass is 388 g/mol. The molecule has 3 heterocycles. The Kier molecular flexibility index (Phi) is 5.27. The molecule has 5 N–H and O–H groups in total. The molecule has 0 amide bonds. The van der Waals surface area contributed by atoms with Crippen LogP contribution in [0.3, 0.4) is 0 Å². The third kappa shape index (κ3) is 4.01. The van der Waals surface area contributed by atoms with Crippen LogP contribution in [0.4, 0.5) is 21.7 Å². The summed E-state index contributed by atoms with van der Waals surface area (Å²) in [6.45, 7) is 1.87. The van der Waals surface area contributed by atoms with Crippen molar-refractivity contribution in [3.8, 4) is 17.0 Å². The van der Waals surface area contributed by atoms with E-state index in [9.17, 15) is 4.39 Å². The Hall–Kier alpha value is -3.13. The van der Waals surface area contributed by atoms with Gasteiger partial charge in [-0.3, -0.25) is 4.98 Å². The van der Waals surface area contributed by atoms with Gasteiger partial charge in [0.15, 0.2) is 0 Å². The molecule has 27 heavy (non-hydrogen) atoms. The molecule has 0 fully saturated rings. The molecule has 3 rings (SSSR count). The molecule has 0 spiro atoms. The molecule has 0 unspecified atom stereocenters. The van der Waals surface area contributed by atoms with E-state index in [1.165, 1.54) is 19.4 Å². The number of nitrogens with zero attached hydrogens (tertiary/aromatic N) is 3. The molecule has 0 saturated heterocycles. The van der Waals surface area contributed by atoms with E-state index in [1.54, 1.807) is 18.2 Å². The van der Waals surface area contributed by atoms with E-state index in [4.69, 9.17) is 27.8 Å². The first-order chi connectivity index (χ1) is 12.9. The van der Waals surface area contributed by atoms with Crippen LogP contribution in [0, 0.1) is 5.82 Å². The SMILES string of the molecule is COc1ncc(Cl)cc1-c1cc(N[C@@H](C)c2ccc(F)cn2)nc(N)c1N. The summed E-state index contributed by atoms with van der Waals surface area (Å²) in [6.07, 6.45) is 2.64. The number of halogens is 2. The van der Waals surface area contributed by atoms with Crippen LogP contribution in [-0.4, -0.2) is 22.1 Å². The molecular formula is C18H18ClFN6O. The van der Waals surface area contributed by atoms with E-state index in [2.05, 4.69) is 20.3 Å². The van der Waals surface area contributed by atoms with Gasteiger partial charge in [0.2, 0.25) is 5.88 Å². The van der Waals surface area contributed by atoms with Gasteiger partial charge in [-0.25, -0.2) is 14.4 Å². The van der Waals surface area contributed by atoms with Crippen LogP contribution in [-0.2, 0) is 0 Å². The summed E-state index contributed by atoms with van der Waals surface area (Å²) in [5.41, 5.74) is 14.2. The second kappa shape index (κ2) is 7.63. The number of nitrogens with one attached hydrogen (secondary N) is 1. The second-order valence-corrected chi connectivity index (χ2v) is 6.27. The van der Waals surface area contributed by atoms with E-state index in [-0.39, 0.29) is 17.5 Å². The van der Waals surface area contributed by atoms with Crippen LogP contribution < -0.4 is 21.5 Å². The highest BCUT2D eigenvalue weighted by Crippen LogP contribution is 2.37. The summed E-state index contributed by atoms with van der Waals surface area (Å²) in [7, 11) is 1.50. The topological polar surface area (TPSA) is 112 Å². The van der Waals surface area contributed by atoms with Gasteiger partial charge in [0.05, 0.1) is 35.8 Å². The normalized spacial score (nSPS) is 11.9. The molecule has 7 nitrogen and oxygen atoms in total.